The molecule has 4 heteroatoms. The van der Waals surface area contributed by atoms with Gasteiger partial charge in [0, 0.05) is 16.7 Å². The standard InChI is InChI=1S/C49H35N3Si/c1-53(2)45-31-41(27-28-43(45)44-29-26-36-13-8-9-15-42(36)46(44)53)49-51-47(37-21-16-34(17-22-37)32-10-4-3-5-11-32)50-48(52-49)38-23-18-35(19-24-38)40-25-20-33-12-6-7-14-39(33)30-40/h3-31H,1-2H3. The average Bonchev–Trinajstić information content (AvgIpc) is 3.46. The number of hydrogen-bond acceptors (Lipinski definition) is 3. The minimum absolute atomic E-state index is 0.661. The van der Waals surface area contributed by atoms with Gasteiger partial charge in [0.2, 0.25) is 0 Å². The van der Waals surface area contributed by atoms with Crippen molar-refractivity contribution in [1.82, 2.24) is 15.0 Å². The molecule has 3 nitrogen and oxygen atoms in total. The van der Waals surface area contributed by atoms with Crippen molar-refractivity contribution in [3.63, 3.8) is 0 Å². The van der Waals surface area contributed by atoms with Gasteiger partial charge in [-0.15, -0.1) is 0 Å². The van der Waals surface area contributed by atoms with E-state index >= 15 is 0 Å². The van der Waals surface area contributed by atoms with Crippen LogP contribution in [0.4, 0.5) is 0 Å². The summed E-state index contributed by atoms with van der Waals surface area (Å²) < 4.78 is 0. The zero-order chi connectivity index (χ0) is 35.5. The van der Waals surface area contributed by atoms with Crippen molar-refractivity contribution in [2.45, 2.75) is 13.1 Å². The van der Waals surface area contributed by atoms with Crippen LogP contribution in [0.2, 0.25) is 13.1 Å². The summed E-state index contributed by atoms with van der Waals surface area (Å²) in [5.41, 5.74) is 10.3. The van der Waals surface area contributed by atoms with E-state index in [4.69, 9.17) is 15.0 Å². The van der Waals surface area contributed by atoms with Crippen LogP contribution in [0.1, 0.15) is 0 Å². The molecule has 0 atom stereocenters. The van der Waals surface area contributed by atoms with E-state index in [-0.39, 0.29) is 0 Å². The van der Waals surface area contributed by atoms with Crippen LogP contribution in [0.25, 0.3) is 89.1 Å². The molecule has 0 aliphatic carbocycles. The molecule has 0 unspecified atom stereocenters. The molecule has 0 spiro atoms. The zero-order valence-corrected chi connectivity index (χ0v) is 30.6. The number of aromatic nitrogens is 3. The average molecular weight is 694 g/mol. The Hall–Kier alpha value is -6.49. The van der Waals surface area contributed by atoms with Gasteiger partial charge in [-0.25, -0.2) is 15.0 Å². The molecule has 53 heavy (non-hydrogen) atoms. The zero-order valence-electron chi connectivity index (χ0n) is 29.6. The lowest BCUT2D eigenvalue weighted by atomic mass is 10.00. The second kappa shape index (κ2) is 12.3. The van der Waals surface area contributed by atoms with Crippen LogP contribution < -0.4 is 10.4 Å². The SMILES string of the molecule is C[Si]1(C)c2cc(-c3nc(-c4ccc(-c5ccccc5)cc4)nc(-c4ccc(-c5ccc6ccccc6c5)cc4)n3)ccc2-c2ccc3ccccc3c21. The van der Waals surface area contributed by atoms with Gasteiger partial charge in [-0.3, -0.25) is 0 Å². The minimum atomic E-state index is -2.03. The molecule has 2 heterocycles. The van der Waals surface area contributed by atoms with Gasteiger partial charge in [-0.1, -0.05) is 183 Å². The number of rotatable bonds is 5. The second-order valence-electron chi connectivity index (χ2n) is 14.5. The molecule has 10 rings (SSSR count). The van der Waals surface area contributed by atoms with Crippen LogP contribution in [0.15, 0.2) is 176 Å². The van der Waals surface area contributed by atoms with Gasteiger partial charge < -0.3 is 0 Å². The predicted molar refractivity (Wildman–Crippen MR) is 224 cm³/mol. The Labute approximate surface area is 310 Å². The van der Waals surface area contributed by atoms with Crippen molar-refractivity contribution in [1.29, 1.82) is 0 Å². The van der Waals surface area contributed by atoms with Gasteiger partial charge in [0.25, 0.3) is 0 Å². The third kappa shape index (κ3) is 5.38. The van der Waals surface area contributed by atoms with Crippen molar-refractivity contribution in [2.75, 3.05) is 0 Å². The number of benzene rings is 8. The molecule has 250 valence electrons. The molecule has 9 aromatic rings. The van der Waals surface area contributed by atoms with Gasteiger partial charge in [0.05, 0.1) is 0 Å². The van der Waals surface area contributed by atoms with E-state index in [2.05, 4.69) is 183 Å². The van der Waals surface area contributed by atoms with E-state index in [0.29, 0.717) is 17.5 Å². The molecule has 0 radical (unpaired) electrons. The first kappa shape index (κ1) is 31.3. The Balaban J connectivity index is 1.08. The van der Waals surface area contributed by atoms with Crippen molar-refractivity contribution >= 4 is 40.0 Å². The van der Waals surface area contributed by atoms with Crippen LogP contribution in [0.5, 0.6) is 0 Å². The number of fused-ring (bicyclic) bond motifs is 6. The summed E-state index contributed by atoms with van der Waals surface area (Å²) in [6.07, 6.45) is 0. The van der Waals surface area contributed by atoms with Gasteiger partial charge >= 0.3 is 0 Å². The Morgan fingerprint density at radius 2 is 0.811 bits per heavy atom. The van der Waals surface area contributed by atoms with Crippen molar-refractivity contribution in [3.8, 4) is 67.5 Å². The first-order chi connectivity index (χ1) is 26.0. The predicted octanol–water partition coefficient (Wildman–Crippen LogP) is 11.3. The maximum absolute atomic E-state index is 5.17. The van der Waals surface area contributed by atoms with Crippen LogP contribution >= 0.6 is 0 Å². The first-order valence-electron chi connectivity index (χ1n) is 18.2. The summed E-state index contributed by atoms with van der Waals surface area (Å²) in [6, 6.07) is 62.9. The van der Waals surface area contributed by atoms with Crippen LogP contribution in [0.3, 0.4) is 0 Å². The highest BCUT2D eigenvalue weighted by Crippen LogP contribution is 2.35. The molecule has 1 aromatic heterocycles. The highest BCUT2D eigenvalue weighted by Gasteiger charge is 2.39. The van der Waals surface area contributed by atoms with Crippen LogP contribution in [-0.2, 0) is 0 Å². The highest BCUT2D eigenvalue weighted by atomic mass is 28.3. The lowest BCUT2D eigenvalue weighted by molar-refractivity contribution is 1.07. The third-order valence-electron chi connectivity index (χ3n) is 10.9. The molecule has 0 saturated carbocycles. The van der Waals surface area contributed by atoms with Crippen molar-refractivity contribution in [3.05, 3.63) is 176 Å². The van der Waals surface area contributed by atoms with Gasteiger partial charge in [0.1, 0.15) is 8.07 Å². The molecule has 0 saturated heterocycles. The Morgan fingerprint density at radius 3 is 1.51 bits per heavy atom. The molecule has 0 amide bonds. The molecule has 0 fully saturated rings. The Kier molecular flexibility index (Phi) is 7.27. The van der Waals surface area contributed by atoms with E-state index in [1.807, 2.05) is 6.07 Å². The molecular weight excluding hydrogens is 659 g/mol. The smallest absolute Gasteiger partial charge is 0.164 e. The summed E-state index contributed by atoms with van der Waals surface area (Å²) in [7, 11) is -2.03. The summed E-state index contributed by atoms with van der Waals surface area (Å²) in [5, 5.41) is 8.09. The Bertz CT molecular complexity index is 2840. The number of hydrogen-bond donors (Lipinski definition) is 0. The summed E-state index contributed by atoms with van der Waals surface area (Å²) in [4.78, 5) is 15.4. The summed E-state index contributed by atoms with van der Waals surface area (Å²) in [6.45, 7) is 4.95. The van der Waals surface area contributed by atoms with Gasteiger partial charge in [-0.2, -0.15) is 0 Å². The monoisotopic (exact) mass is 693 g/mol. The van der Waals surface area contributed by atoms with E-state index in [0.717, 1.165) is 27.8 Å². The van der Waals surface area contributed by atoms with Gasteiger partial charge in [0.15, 0.2) is 17.5 Å². The third-order valence-corrected chi connectivity index (χ3v) is 14.5. The normalized spacial score (nSPS) is 12.9. The van der Waals surface area contributed by atoms with E-state index in [1.165, 1.54) is 54.2 Å². The lowest BCUT2D eigenvalue weighted by Crippen LogP contribution is -2.49. The maximum Gasteiger partial charge on any atom is 0.164 e. The molecule has 1 aliphatic heterocycles. The van der Waals surface area contributed by atoms with Crippen LogP contribution in [-0.4, -0.2) is 23.0 Å². The fourth-order valence-electron chi connectivity index (χ4n) is 8.13. The molecule has 0 N–H and O–H groups in total. The summed E-state index contributed by atoms with van der Waals surface area (Å²) in [5.74, 6) is 2.01. The fraction of sp³-hybridized carbons (Fsp3) is 0.0408. The van der Waals surface area contributed by atoms with Crippen LogP contribution in [0, 0.1) is 0 Å². The molecular formula is C49H35N3Si. The minimum Gasteiger partial charge on any atom is -0.208 e. The quantitative estimate of drug-likeness (QED) is 0.168. The topological polar surface area (TPSA) is 38.7 Å². The van der Waals surface area contributed by atoms with Crippen molar-refractivity contribution in [2.24, 2.45) is 0 Å². The molecule has 8 aromatic carbocycles. The summed E-state index contributed by atoms with van der Waals surface area (Å²) >= 11 is 0. The maximum atomic E-state index is 5.17. The van der Waals surface area contributed by atoms with Crippen molar-refractivity contribution < 1.29 is 0 Å². The Morgan fingerprint density at radius 1 is 0.340 bits per heavy atom. The largest absolute Gasteiger partial charge is 0.208 e. The second-order valence-corrected chi connectivity index (χ2v) is 18.8. The first-order valence-corrected chi connectivity index (χ1v) is 21.2. The molecule has 0 bridgehead atoms. The lowest BCUT2D eigenvalue weighted by Gasteiger charge is -2.21. The van der Waals surface area contributed by atoms with E-state index in [1.54, 1.807) is 0 Å². The van der Waals surface area contributed by atoms with Gasteiger partial charge in [-0.05, 0) is 71.4 Å². The fourth-order valence-corrected chi connectivity index (χ4v) is 11.6. The number of nitrogens with zero attached hydrogens (tertiary/aromatic N) is 3. The van der Waals surface area contributed by atoms with E-state index in [9.17, 15) is 0 Å². The molecule has 1 aliphatic rings. The van der Waals surface area contributed by atoms with E-state index < -0.39 is 8.07 Å². The highest BCUT2D eigenvalue weighted by molar-refractivity contribution is 7.05.